The molecule has 0 radical (unpaired) electrons. The second-order valence-corrected chi connectivity index (χ2v) is 22.9. The second-order valence-electron chi connectivity index (χ2n) is 14.9. The lowest BCUT2D eigenvalue weighted by Crippen LogP contribution is -2.47. The number of thioether (sulfide) groups is 2. The van der Waals surface area contributed by atoms with Crippen molar-refractivity contribution in [2.45, 2.75) is 127 Å². The highest BCUT2D eigenvalue weighted by atomic mass is 32.2. The molecule has 7 heteroatoms. The zero-order chi connectivity index (χ0) is 29.9. The fourth-order valence-corrected chi connectivity index (χ4v) is 12.2. The van der Waals surface area contributed by atoms with Crippen molar-refractivity contribution in [1.29, 1.82) is 0 Å². The molecule has 3 aliphatic carbocycles. The van der Waals surface area contributed by atoms with Crippen LogP contribution in [0.2, 0.25) is 18.1 Å². The number of carbonyl (C=O) groups is 1. The van der Waals surface area contributed by atoms with E-state index < -0.39 is 8.32 Å². The molecule has 0 unspecified atom stereocenters. The second kappa shape index (κ2) is 13.9. The zero-order valence-corrected chi connectivity index (χ0v) is 29.9. The molecule has 0 aromatic rings. The molecule has 0 N–H and O–H groups in total. The Morgan fingerprint density at radius 1 is 1.20 bits per heavy atom. The van der Waals surface area contributed by atoms with E-state index in [2.05, 4.69) is 83.4 Å². The molecule has 0 bridgehead atoms. The molecule has 1 aliphatic heterocycles. The lowest BCUT2D eigenvalue weighted by Gasteiger charge is -2.42. The van der Waals surface area contributed by atoms with Crippen LogP contribution in [0.25, 0.3) is 0 Å². The van der Waals surface area contributed by atoms with Gasteiger partial charge in [-0.25, -0.2) is 0 Å². The van der Waals surface area contributed by atoms with Crippen LogP contribution in [0, 0.1) is 23.2 Å². The molecular formula is C34H58O4S2Si. The molecule has 0 amide bonds. The van der Waals surface area contributed by atoms with Gasteiger partial charge in [-0.15, -0.1) is 23.5 Å². The monoisotopic (exact) mass is 622 g/mol. The van der Waals surface area contributed by atoms with Crippen molar-refractivity contribution >= 4 is 37.6 Å². The van der Waals surface area contributed by atoms with E-state index in [0.717, 1.165) is 38.5 Å². The average Bonchev–Trinajstić information content (AvgIpc) is 3.58. The number of fused-ring (bicyclic) bond motifs is 1. The van der Waals surface area contributed by atoms with E-state index in [9.17, 15) is 4.79 Å². The molecule has 1 saturated heterocycles. The van der Waals surface area contributed by atoms with Crippen LogP contribution in [0.4, 0.5) is 0 Å². The van der Waals surface area contributed by atoms with Gasteiger partial charge in [0.1, 0.15) is 12.6 Å². The molecule has 41 heavy (non-hydrogen) atoms. The van der Waals surface area contributed by atoms with Crippen LogP contribution in [0.3, 0.4) is 0 Å². The number of Topliss-reactive ketones (excluding diaryl/α,β-unsaturated/α-hetero) is 1. The quantitative estimate of drug-likeness (QED) is 0.0832. The number of ketones is 1. The van der Waals surface area contributed by atoms with Crippen LogP contribution in [-0.2, 0) is 18.7 Å². The van der Waals surface area contributed by atoms with Crippen LogP contribution >= 0.6 is 23.5 Å². The highest BCUT2D eigenvalue weighted by Gasteiger charge is 2.68. The Labute approximate surface area is 261 Å². The fourth-order valence-electron chi connectivity index (χ4n) is 7.40. The van der Waals surface area contributed by atoms with E-state index in [-0.39, 0.29) is 32.5 Å². The fraction of sp³-hybridized carbons (Fsp3) is 0.853. The highest BCUT2D eigenvalue weighted by Crippen LogP contribution is 2.69. The first-order valence-electron chi connectivity index (χ1n) is 16.2. The largest absolute Gasteiger partial charge is 0.413 e. The first-order valence-corrected chi connectivity index (χ1v) is 21.1. The van der Waals surface area contributed by atoms with Crippen LogP contribution in [0.5, 0.6) is 0 Å². The summed E-state index contributed by atoms with van der Waals surface area (Å²) in [5.41, 5.74) is 3.10. The predicted octanol–water partition coefficient (Wildman–Crippen LogP) is 9.41. The number of allylic oxidation sites excluding steroid dienone is 3. The van der Waals surface area contributed by atoms with Crippen LogP contribution in [0.15, 0.2) is 23.3 Å². The van der Waals surface area contributed by atoms with Gasteiger partial charge in [-0.05, 0) is 112 Å². The third-order valence-corrected chi connectivity index (χ3v) is 18.9. The summed E-state index contributed by atoms with van der Waals surface area (Å²) in [5, 5.41) is 0.139. The van der Waals surface area contributed by atoms with E-state index in [1.807, 2.05) is 0 Å². The number of rotatable bonds is 14. The molecule has 234 valence electrons. The van der Waals surface area contributed by atoms with Gasteiger partial charge in [0.05, 0.1) is 16.8 Å². The Kier molecular flexibility index (Phi) is 11.5. The van der Waals surface area contributed by atoms with E-state index in [0.29, 0.717) is 25.1 Å². The van der Waals surface area contributed by atoms with Gasteiger partial charge in [-0.3, -0.25) is 4.79 Å². The first-order chi connectivity index (χ1) is 19.3. The maximum atomic E-state index is 14.2. The summed E-state index contributed by atoms with van der Waals surface area (Å²) >= 11 is 4.37. The minimum Gasteiger partial charge on any atom is -0.413 e. The summed E-state index contributed by atoms with van der Waals surface area (Å²) in [5.74, 6) is 3.88. The van der Waals surface area contributed by atoms with Crippen molar-refractivity contribution in [3.63, 3.8) is 0 Å². The van der Waals surface area contributed by atoms with Crippen molar-refractivity contribution in [2.75, 3.05) is 32.0 Å². The molecule has 4 nitrogen and oxygen atoms in total. The van der Waals surface area contributed by atoms with Crippen molar-refractivity contribution in [3.05, 3.63) is 23.3 Å². The Bertz CT molecular complexity index is 964. The summed E-state index contributed by atoms with van der Waals surface area (Å²) in [6, 6.07) is 0. The summed E-state index contributed by atoms with van der Waals surface area (Å²) in [7, 11) is -0.349. The van der Waals surface area contributed by atoms with Gasteiger partial charge < -0.3 is 13.9 Å². The van der Waals surface area contributed by atoms with Gasteiger partial charge in [0.25, 0.3) is 0 Å². The van der Waals surface area contributed by atoms with Crippen molar-refractivity contribution in [1.82, 2.24) is 0 Å². The Morgan fingerprint density at radius 2 is 1.93 bits per heavy atom. The lowest BCUT2D eigenvalue weighted by atomic mass is 9.81. The van der Waals surface area contributed by atoms with Gasteiger partial charge in [0.2, 0.25) is 0 Å². The van der Waals surface area contributed by atoms with E-state index in [1.165, 1.54) is 42.8 Å². The maximum absolute atomic E-state index is 14.2. The lowest BCUT2D eigenvalue weighted by molar-refractivity contribution is -0.128. The smallest absolute Gasteiger partial charge is 0.192 e. The molecule has 4 aliphatic rings. The number of hydrogen-bond acceptors (Lipinski definition) is 6. The SMILES string of the molecule is COCOC/C(C)=C/CCC1(CCC[C@@H](O[Si](C)(C)C(C)(C)C)[C@H]2CCC3=CCC[C@]4(C)[C@H](C2=O)[C@H]34)SCCCS1. The van der Waals surface area contributed by atoms with Gasteiger partial charge in [-0.2, -0.15) is 0 Å². The third kappa shape index (κ3) is 7.97. The highest BCUT2D eigenvalue weighted by molar-refractivity contribution is 8.18. The Balaban J connectivity index is 1.45. The van der Waals surface area contributed by atoms with Crippen LogP contribution in [-0.4, -0.2) is 56.3 Å². The minimum atomic E-state index is -2.02. The van der Waals surface area contributed by atoms with Gasteiger partial charge in [0.15, 0.2) is 8.32 Å². The molecular weight excluding hydrogens is 565 g/mol. The van der Waals surface area contributed by atoms with Crippen molar-refractivity contribution in [3.8, 4) is 0 Å². The normalized spacial score (nSPS) is 30.8. The topological polar surface area (TPSA) is 44.8 Å². The third-order valence-electron chi connectivity index (χ3n) is 10.9. The zero-order valence-electron chi connectivity index (χ0n) is 27.3. The maximum Gasteiger partial charge on any atom is 0.192 e. The first kappa shape index (κ1) is 33.8. The standard InChI is InChI=1S/C34H58O4S2Si/c1-25(23-37-24-36-6)13-9-19-34(39-21-12-22-40-34)20-11-15-28(38-41(7,8)32(2,3)4)27-17-16-26-14-10-18-33(5)29(26)30(33)31(27)35/h13-14,27-30H,9-12,15-24H2,1-8H3/b25-13+/t27-,28-,29+,30+,33+/m1/s1. The minimum absolute atomic E-state index is 0.0581. The Morgan fingerprint density at radius 3 is 2.61 bits per heavy atom. The molecule has 0 aromatic heterocycles. The number of methoxy groups -OCH3 is 1. The molecule has 1 heterocycles. The summed E-state index contributed by atoms with van der Waals surface area (Å²) in [6.45, 7) is 17.3. The van der Waals surface area contributed by atoms with Gasteiger partial charge in [-0.1, -0.05) is 51.0 Å². The molecule has 2 saturated carbocycles. The molecule has 0 aromatic carbocycles. The summed E-state index contributed by atoms with van der Waals surface area (Å²) < 4.78 is 18.1. The summed E-state index contributed by atoms with van der Waals surface area (Å²) in [6.07, 6.45) is 16.3. The number of carbonyl (C=O) groups excluding carboxylic acids is 1. The van der Waals surface area contributed by atoms with Crippen LogP contribution < -0.4 is 0 Å². The summed E-state index contributed by atoms with van der Waals surface area (Å²) in [4.78, 5) is 14.2. The Hall–Kier alpha value is -0.0531. The van der Waals surface area contributed by atoms with Crippen molar-refractivity contribution < 1.29 is 18.7 Å². The van der Waals surface area contributed by atoms with Gasteiger partial charge in [0, 0.05) is 18.9 Å². The van der Waals surface area contributed by atoms with Crippen molar-refractivity contribution in [2.24, 2.45) is 23.2 Å². The van der Waals surface area contributed by atoms with E-state index in [1.54, 1.807) is 12.7 Å². The predicted molar refractivity (Wildman–Crippen MR) is 179 cm³/mol. The number of ether oxygens (including phenoxy) is 2. The van der Waals surface area contributed by atoms with Gasteiger partial charge >= 0.3 is 0 Å². The van der Waals surface area contributed by atoms with E-state index in [4.69, 9.17) is 13.9 Å². The molecule has 5 atom stereocenters. The molecule has 4 rings (SSSR count). The average molecular weight is 623 g/mol. The molecule has 3 fully saturated rings. The number of hydrogen-bond donors (Lipinski definition) is 0. The molecule has 0 spiro atoms. The van der Waals surface area contributed by atoms with Crippen LogP contribution in [0.1, 0.15) is 98.8 Å². The van der Waals surface area contributed by atoms with E-state index >= 15 is 0 Å².